The molecular weight excluding hydrogens is 432 g/mol. The molecule has 1 aliphatic rings. The first-order valence-electron chi connectivity index (χ1n) is 9.69. The summed E-state index contributed by atoms with van der Waals surface area (Å²) in [4.78, 5) is 9.58. The van der Waals surface area contributed by atoms with Crippen LogP contribution < -0.4 is 0 Å². The Balaban J connectivity index is 0.00000205. The smallest absolute Gasteiger partial charge is 0.124 e. The number of hydrogen-bond donors (Lipinski definition) is 0. The normalized spacial score (nSPS) is 19.5. The Hall–Kier alpha value is -2.25. The van der Waals surface area contributed by atoms with E-state index in [1.807, 2.05) is 24.4 Å². The molecule has 0 saturated carbocycles. The van der Waals surface area contributed by atoms with Gasteiger partial charge in [0.25, 0.3) is 0 Å². The Kier molecular flexibility index (Phi) is 5.69. The third kappa shape index (κ3) is 3.69. The molecule has 0 amide bonds. The molecule has 152 valence electrons. The van der Waals surface area contributed by atoms with Crippen molar-refractivity contribution < 1.29 is 9.26 Å². The maximum atomic E-state index is 5.94. The fourth-order valence-electron chi connectivity index (χ4n) is 4.19. The lowest BCUT2D eigenvalue weighted by atomic mass is 10.0. The van der Waals surface area contributed by atoms with Crippen LogP contribution >= 0.6 is 15.9 Å². The van der Waals surface area contributed by atoms with E-state index in [2.05, 4.69) is 43.6 Å². The summed E-state index contributed by atoms with van der Waals surface area (Å²) in [6.07, 6.45) is 7.40. The van der Waals surface area contributed by atoms with Gasteiger partial charge in [0.15, 0.2) is 0 Å². The van der Waals surface area contributed by atoms with Crippen molar-refractivity contribution in [1.82, 2.24) is 19.7 Å². The third-order valence-corrected chi connectivity index (χ3v) is 6.03. The molecule has 0 bridgehead atoms. The lowest BCUT2D eigenvalue weighted by Crippen LogP contribution is -2.28. The summed E-state index contributed by atoms with van der Waals surface area (Å²) in [5, 5.41) is 5.22. The molecule has 0 N–H and O–H groups in total. The molecule has 4 aromatic rings. The number of imidazole rings is 1. The van der Waals surface area contributed by atoms with Crippen LogP contribution in [0.5, 0.6) is 0 Å². The van der Waals surface area contributed by atoms with E-state index in [0.29, 0.717) is 12.5 Å². The quantitative estimate of drug-likeness (QED) is 0.394. The number of rotatable bonds is 4. The number of pyridine rings is 1. The molecule has 1 fully saturated rings. The second kappa shape index (κ2) is 8.24. The van der Waals surface area contributed by atoms with E-state index in [9.17, 15) is 0 Å². The number of hydrogen-bond acceptors (Lipinski definition) is 5. The summed E-state index contributed by atoms with van der Waals surface area (Å²) in [6.45, 7) is 2.96. The Bertz CT molecular complexity index is 1120. The maximum absolute atomic E-state index is 5.94. The molecule has 0 aliphatic carbocycles. The van der Waals surface area contributed by atoms with Gasteiger partial charge in [-0.15, -0.1) is 0 Å². The van der Waals surface area contributed by atoms with Crippen molar-refractivity contribution in [3.8, 4) is 0 Å². The molecule has 3 aromatic heterocycles. The minimum absolute atomic E-state index is 0. The van der Waals surface area contributed by atoms with Crippen LogP contribution in [0.1, 0.15) is 51.2 Å². The first-order valence-corrected chi connectivity index (χ1v) is 10.5. The molecule has 1 aliphatic heterocycles. The van der Waals surface area contributed by atoms with Crippen LogP contribution in [0.15, 0.2) is 45.7 Å². The summed E-state index contributed by atoms with van der Waals surface area (Å²) >= 11 is 3.62. The average molecular weight is 457 g/mol. The summed E-state index contributed by atoms with van der Waals surface area (Å²) in [7, 11) is 0. The molecular formula is C22H25BrN4O2. The number of aromatic nitrogens is 4. The third-order valence-electron chi connectivity index (χ3n) is 5.54. The zero-order valence-electron chi connectivity index (χ0n) is 15.6. The first-order chi connectivity index (χ1) is 13.7. The molecule has 29 heavy (non-hydrogen) atoms. The summed E-state index contributed by atoms with van der Waals surface area (Å²) in [5.74, 6) is 1.000. The van der Waals surface area contributed by atoms with Gasteiger partial charge in [0.1, 0.15) is 17.6 Å². The monoisotopic (exact) mass is 456 g/mol. The summed E-state index contributed by atoms with van der Waals surface area (Å²) in [6, 6.07) is 8.45. The predicted molar refractivity (Wildman–Crippen MR) is 117 cm³/mol. The van der Waals surface area contributed by atoms with Crippen molar-refractivity contribution >= 4 is 37.9 Å². The topological polar surface area (TPSA) is 66.0 Å². The second-order valence-corrected chi connectivity index (χ2v) is 8.21. The number of halogens is 1. The second-order valence-electron chi connectivity index (χ2n) is 7.30. The molecule has 1 saturated heterocycles. The molecule has 7 heteroatoms. The van der Waals surface area contributed by atoms with Gasteiger partial charge in [0.2, 0.25) is 0 Å². The fourth-order valence-corrected chi connectivity index (χ4v) is 4.55. The summed E-state index contributed by atoms with van der Waals surface area (Å²) in [5.41, 5.74) is 3.92. The van der Waals surface area contributed by atoms with Crippen LogP contribution in [0.3, 0.4) is 0 Å². The van der Waals surface area contributed by atoms with Gasteiger partial charge in [-0.2, -0.15) is 0 Å². The van der Waals surface area contributed by atoms with Crippen LogP contribution in [0, 0.1) is 0 Å². The van der Waals surface area contributed by atoms with Gasteiger partial charge in [-0.3, -0.25) is 4.98 Å². The van der Waals surface area contributed by atoms with Crippen molar-refractivity contribution in [2.75, 3.05) is 6.61 Å². The van der Waals surface area contributed by atoms with Crippen LogP contribution in [0.2, 0.25) is 0 Å². The molecule has 0 radical (unpaired) electrons. The minimum atomic E-state index is 0. The van der Waals surface area contributed by atoms with E-state index in [-0.39, 0.29) is 13.5 Å². The highest BCUT2D eigenvalue weighted by atomic mass is 79.9. The highest BCUT2D eigenvalue weighted by Gasteiger charge is 2.27. The van der Waals surface area contributed by atoms with Crippen LogP contribution in [-0.2, 0) is 11.2 Å². The molecule has 0 unspecified atom stereocenters. The predicted octanol–water partition coefficient (Wildman–Crippen LogP) is 5.69. The molecule has 4 heterocycles. The zero-order chi connectivity index (χ0) is 19.1. The van der Waals surface area contributed by atoms with E-state index in [4.69, 9.17) is 14.2 Å². The first kappa shape index (κ1) is 20.0. The van der Waals surface area contributed by atoms with E-state index in [1.54, 1.807) is 6.26 Å². The number of fused-ring (bicyclic) bond motifs is 3. The minimum Gasteiger partial charge on any atom is -0.378 e. The SMILES string of the molecule is C.CC[C@H]1C[C@@H](n2c(Cc3ccon3)nc3cnc4ccc(Br)cc4c32)CCO1. The molecule has 2 atom stereocenters. The fraction of sp³-hybridized carbons (Fsp3) is 0.409. The summed E-state index contributed by atoms with van der Waals surface area (Å²) < 4.78 is 14.4. The lowest BCUT2D eigenvalue weighted by Gasteiger charge is -2.31. The van der Waals surface area contributed by atoms with Gasteiger partial charge < -0.3 is 13.8 Å². The lowest BCUT2D eigenvalue weighted by molar-refractivity contribution is -0.00678. The Morgan fingerprint density at radius 3 is 2.93 bits per heavy atom. The van der Waals surface area contributed by atoms with Crippen molar-refractivity contribution in [3.05, 3.63) is 52.7 Å². The van der Waals surface area contributed by atoms with Gasteiger partial charge >= 0.3 is 0 Å². The number of benzene rings is 1. The van der Waals surface area contributed by atoms with Crippen LogP contribution in [0.4, 0.5) is 0 Å². The van der Waals surface area contributed by atoms with Gasteiger partial charge in [0.05, 0.1) is 35.4 Å². The number of ether oxygens (including phenoxy) is 1. The average Bonchev–Trinajstić information content (AvgIpc) is 3.35. The van der Waals surface area contributed by atoms with Gasteiger partial charge in [-0.1, -0.05) is 35.4 Å². The van der Waals surface area contributed by atoms with Gasteiger partial charge in [-0.25, -0.2) is 4.98 Å². The standard InChI is InChI=1S/C21H21BrN4O2.CH4/c1-2-16-11-15(6-7-27-16)26-20(10-14-5-8-28-25-14)24-19-12-23-18-4-3-13(22)9-17(18)21(19)26;/h3-5,8-9,12,15-16H,2,6-7,10-11H2,1H3;1H4/t15-,16-;/m0./s1. The Labute approximate surface area is 178 Å². The van der Waals surface area contributed by atoms with Crippen molar-refractivity contribution in [2.45, 2.75) is 52.2 Å². The van der Waals surface area contributed by atoms with Crippen molar-refractivity contribution in [2.24, 2.45) is 0 Å². The van der Waals surface area contributed by atoms with E-state index >= 15 is 0 Å². The van der Waals surface area contributed by atoms with E-state index < -0.39 is 0 Å². The zero-order valence-corrected chi connectivity index (χ0v) is 17.2. The van der Waals surface area contributed by atoms with Crippen LogP contribution in [-0.4, -0.2) is 32.4 Å². The van der Waals surface area contributed by atoms with Crippen LogP contribution in [0.25, 0.3) is 21.9 Å². The van der Waals surface area contributed by atoms with Crippen molar-refractivity contribution in [1.29, 1.82) is 0 Å². The largest absolute Gasteiger partial charge is 0.378 e. The van der Waals surface area contributed by atoms with E-state index in [1.165, 1.54) is 0 Å². The molecule has 5 rings (SSSR count). The van der Waals surface area contributed by atoms with Gasteiger partial charge in [0, 0.05) is 28.6 Å². The molecule has 6 nitrogen and oxygen atoms in total. The van der Waals surface area contributed by atoms with Crippen molar-refractivity contribution in [3.63, 3.8) is 0 Å². The Morgan fingerprint density at radius 1 is 1.24 bits per heavy atom. The Morgan fingerprint density at radius 2 is 2.14 bits per heavy atom. The molecule has 1 aromatic carbocycles. The van der Waals surface area contributed by atoms with E-state index in [0.717, 1.165) is 63.8 Å². The maximum Gasteiger partial charge on any atom is 0.124 e. The highest BCUT2D eigenvalue weighted by molar-refractivity contribution is 9.10. The molecule has 0 spiro atoms. The number of nitrogens with zero attached hydrogens (tertiary/aromatic N) is 4. The highest BCUT2D eigenvalue weighted by Crippen LogP contribution is 2.35. The van der Waals surface area contributed by atoms with Gasteiger partial charge in [-0.05, 0) is 37.5 Å².